The van der Waals surface area contributed by atoms with E-state index < -0.39 is 24.5 Å². The smallest absolute Gasteiger partial charge is 0.323 e. The molecule has 0 saturated carbocycles. The Hall–Kier alpha value is -2.06. The maximum Gasteiger partial charge on any atom is 0.323 e. The molecule has 0 saturated heterocycles. The molecule has 8 heteroatoms. The van der Waals surface area contributed by atoms with Gasteiger partial charge in [-0.3, -0.25) is 24.6 Å². The Morgan fingerprint density at radius 1 is 1.43 bits per heavy atom. The van der Waals surface area contributed by atoms with E-state index in [1.165, 1.54) is 16.7 Å². The lowest BCUT2D eigenvalue weighted by Crippen LogP contribution is -2.50. The van der Waals surface area contributed by atoms with E-state index in [9.17, 15) is 14.4 Å². The second kappa shape index (κ2) is 7.98. The lowest BCUT2D eigenvalue weighted by molar-refractivity contribution is -0.142. The first-order valence-electron chi connectivity index (χ1n) is 7.17. The highest BCUT2D eigenvalue weighted by Crippen LogP contribution is 2.33. The summed E-state index contributed by atoms with van der Waals surface area (Å²) in [5.41, 5.74) is 0.574. The highest BCUT2D eigenvalue weighted by Gasteiger charge is 2.32. The molecule has 1 heterocycles. The Morgan fingerprint density at radius 3 is 2.87 bits per heavy atom. The van der Waals surface area contributed by atoms with Crippen molar-refractivity contribution in [2.24, 2.45) is 0 Å². The number of aliphatic carboxylic acids is 1. The molecule has 0 spiro atoms. The van der Waals surface area contributed by atoms with Gasteiger partial charge in [0, 0.05) is 10.6 Å². The van der Waals surface area contributed by atoms with Crippen molar-refractivity contribution in [2.75, 3.05) is 30.3 Å². The molecule has 1 aromatic carbocycles. The second-order valence-corrected chi connectivity index (χ2v) is 5.90. The predicted octanol–water partition coefficient (Wildman–Crippen LogP) is 0.731. The van der Waals surface area contributed by atoms with E-state index in [0.29, 0.717) is 11.4 Å². The number of fused-ring (bicyclic) bond motifs is 1. The van der Waals surface area contributed by atoms with Crippen LogP contribution in [0.2, 0.25) is 0 Å². The van der Waals surface area contributed by atoms with Gasteiger partial charge < -0.3 is 9.84 Å². The maximum atomic E-state index is 12.6. The summed E-state index contributed by atoms with van der Waals surface area (Å²) in [5.74, 6) is -1.50. The Kier molecular flexibility index (Phi) is 6.00. The normalized spacial score (nSPS) is 17.3. The summed E-state index contributed by atoms with van der Waals surface area (Å²) in [6.45, 7) is 1.45. The average molecular weight is 338 g/mol. The zero-order chi connectivity index (χ0) is 16.8. The van der Waals surface area contributed by atoms with Gasteiger partial charge >= 0.3 is 11.9 Å². The van der Waals surface area contributed by atoms with E-state index in [4.69, 9.17) is 9.84 Å². The number of nitrogens with zero attached hydrogens (tertiary/aromatic N) is 1. The quantitative estimate of drug-likeness (QED) is 0.738. The first kappa shape index (κ1) is 17.3. The van der Waals surface area contributed by atoms with Crippen LogP contribution in [-0.4, -0.2) is 54.4 Å². The number of para-hydroxylation sites is 1. The number of nitrogens with one attached hydrogen (secondary N) is 1. The van der Waals surface area contributed by atoms with Crippen LogP contribution >= 0.6 is 11.8 Å². The molecule has 1 amide bonds. The fraction of sp³-hybridized carbons (Fsp3) is 0.400. The van der Waals surface area contributed by atoms with Crippen LogP contribution in [0.1, 0.15) is 6.92 Å². The number of benzene rings is 1. The summed E-state index contributed by atoms with van der Waals surface area (Å²) in [6, 6.07) is 6.50. The molecule has 7 nitrogen and oxygen atoms in total. The number of amides is 1. The van der Waals surface area contributed by atoms with Crippen molar-refractivity contribution in [3.63, 3.8) is 0 Å². The van der Waals surface area contributed by atoms with Crippen LogP contribution in [-0.2, 0) is 19.1 Å². The number of hydrogen-bond donors (Lipinski definition) is 2. The molecule has 0 unspecified atom stereocenters. The van der Waals surface area contributed by atoms with Gasteiger partial charge in [-0.05, 0) is 19.1 Å². The summed E-state index contributed by atoms with van der Waals surface area (Å²) in [7, 11) is 0. The largest absolute Gasteiger partial charge is 0.480 e. The molecule has 0 fully saturated rings. The molecule has 0 radical (unpaired) electrons. The molecule has 0 bridgehead atoms. The van der Waals surface area contributed by atoms with Crippen molar-refractivity contribution in [3.05, 3.63) is 24.3 Å². The molecule has 2 rings (SSSR count). The van der Waals surface area contributed by atoms with Crippen molar-refractivity contribution in [1.29, 1.82) is 0 Å². The van der Waals surface area contributed by atoms with E-state index >= 15 is 0 Å². The first-order chi connectivity index (χ1) is 11.0. The minimum atomic E-state index is -1.09. The molecule has 0 aromatic heterocycles. The summed E-state index contributed by atoms with van der Waals surface area (Å²) in [4.78, 5) is 37.3. The zero-order valence-electron chi connectivity index (χ0n) is 12.7. The second-order valence-electron chi connectivity index (χ2n) is 4.84. The Bertz CT molecular complexity index is 607. The number of ether oxygens (including phenoxy) is 1. The number of anilines is 1. The number of carboxylic acids is 1. The van der Waals surface area contributed by atoms with Crippen molar-refractivity contribution >= 4 is 35.3 Å². The third kappa shape index (κ3) is 4.46. The molecule has 124 valence electrons. The van der Waals surface area contributed by atoms with Gasteiger partial charge in [-0.1, -0.05) is 12.1 Å². The number of esters is 1. The van der Waals surface area contributed by atoms with E-state index in [1.54, 1.807) is 19.1 Å². The summed E-state index contributed by atoms with van der Waals surface area (Å²) >= 11 is 1.45. The molecule has 0 aliphatic carbocycles. The SMILES string of the molecule is CCOC(=O)CN[C@H]1CSc2ccccc2N(CC(=O)O)C1=O. The van der Waals surface area contributed by atoms with Crippen LogP contribution in [0, 0.1) is 0 Å². The summed E-state index contributed by atoms with van der Waals surface area (Å²) in [5, 5.41) is 11.9. The van der Waals surface area contributed by atoms with E-state index in [1.807, 2.05) is 12.1 Å². The van der Waals surface area contributed by atoms with Crippen molar-refractivity contribution in [3.8, 4) is 0 Å². The van der Waals surface area contributed by atoms with Crippen LogP contribution in [0.4, 0.5) is 5.69 Å². The molecule has 1 atom stereocenters. The van der Waals surface area contributed by atoms with Gasteiger partial charge in [-0.15, -0.1) is 11.8 Å². The number of hydrogen-bond acceptors (Lipinski definition) is 6. The predicted molar refractivity (Wildman–Crippen MR) is 85.6 cm³/mol. The van der Waals surface area contributed by atoms with E-state index in [2.05, 4.69) is 5.32 Å². The molecular formula is C15H18N2O5S. The number of carbonyl (C=O) groups is 3. The Labute approximate surface area is 138 Å². The first-order valence-corrected chi connectivity index (χ1v) is 8.15. The minimum absolute atomic E-state index is 0.0952. The Morgan fingerprint density at radius 2 is 2.17 bits per heavy atom. The number of thioether (sulfide) groups is 1. The third-order valence-electron chi connectivity index (χ3n) is 3.22. The molecule has 1 aromatic rings. The van der Waals surface area contributed by atoms with Gasteiger partial charge in [0.1, 0.15) is 6.54 Å². The van der Waals surface area contributed by atoms with Gasteiger partial charge in [-0.2, -0.15) is 0 Å². The molecule has 1 aliphatic rings. The van der Waals surface area contributed by atoms with Gasteiger partial charge in [0.15, 0.2) is 0 Å². The summed E-state index contributed by atoms with van der Waals surface area (Å²) < 4.78 is 4.83. The standard InChI is InChI=1S/C15H18N2O5S/c1-2-22-14(20)7-16-10-9-23-12-6-4-3-5-11(12)17(15(10)21)8-13(18)19/h3-6,10,16H,2,7-9H2,1H3,(H,18,19)/t10-/m0/s1. The van der Waals surface area contributed by atoms with Crippen molar-refractivity contribution in [1.82, 2.24) is 5.32 Å². The molecule has 1 aliphatic heterocycles. The zero-order valence-corrected chi connectivity index (χ0v) is 13.5. The van der Waals surface area contributed by atoms with Gasteiger partial charge in [0.2, 0.25) is 5.91 Å². The Balaban J connectivity index is 2.17. The van der Waals surface area contributed by atoms with Gasteiger partial charge in [0.25, 0.3) is 0 Å². The molecule has 23 heavy (non-hydrogen) atoms. The molecular weight excluding hydrogens is 320 g/mol. The van der Waals surface area contributed by atoms with Crippen LogP contribution in [0.25, 0.3) is 0 Å². The number of carbonyl (C=O) groups excluding carboxylic acids is 2. The number of carboxylic acid groups (broad SMARTS) is 1. The van der Waals surface area contributed by atoms with Crippen LogP contribution in [0.15, 0.2) is 29.2 Å². The fourth-order valence-electron chi connectivity index (χ4n) is 2.22. The summed E-state index contributed by atoms with van der Waals surface area (Å²) in [6.07, 6.45) is 0. The molecule has 2 N–H and O–H groups in total. The van der Waals surface area contributed by atoms with E-state index in [0.717, 1.165) is 4.90 Å². The van der Waals surface area contributed by atoms with Gasteiger partial charge in [0.05, 0.1) is 24.9 Å². The number of rotatable bonds is 6. The average Bonchev–Trinajstić information content (AvgIpc) is 2.64. The maximum absolute atomic E-state index is 12.6. The lowest BCUT2D eigenvalue weighted by Gasteiger charge is -2.24. The van der Waals surface area contributed by atoms with Crippen molar-refractivity contribution < 1.29 is 24.2 Å². The lowest BCUT2D eigenvalue weighted by atomic mass is 10.2. The highest BCUT2D eigenvalue weighted by molar-refractivity contribution is 7.99. The fourth-order valence-corrected chi connectivity index (χ4v) is 3.32. The van der Waals surface area contributed by atoms with Crippen LogP contribution < -0.4 is 10.2 Å². The van der Waals surface area contributed by atoms with Gasteiger partial charge in [-0.25, -0.2) is 0 Å². The minimum Gasteiger partial charge on any atom is -0.480 e. The third-order valence-corrected chi connectivity index (χ3v) is 4.37. The van der Waals surface area contributed by atoms with Crippen LogP contribution in [0.3, 0.4) is 0 Å². The van der Waals surface area contributed by atoms with E-state index in [-0.39, 0.29) is 19.1 Å². The van der Waals surface area contributed by atoms with Crippen molar-refractivity contribution in [2.45, 2.75) is 17.9 Å². The monoisotopic (exact) mass is 338 g/mol. The topological polar surface area (TPSA) is 95.9 Å². The van der Waals surface area contributed by atoms with Crippen LogP contribution in [0.5, 0.6) is 0 Å². The highest BCUT2D eigenvalue weighted by atomic mass is 32.2.